The number of carboxylic acids is 1. The molecule has 0 atom stereocenters. The van der Waals surface area contributed by atoms with Gasteiger partial charge in [-0.25, -0.2) is 13.2 Å². The zero-order chi connectivity index (χ0) is 17.0. The van der Waals surface area contributed by atoms with Crippen LogP contribution in [-0.2, 0) is 10.0 Å². The quantitative estimate of drug-likeness (QED) is 0.833. The summed E-state index contributed by atoms with van der Waals surface area (Å²) in [5.41, 5.74) is -0.131. The molecule has 0 spiro atoms. The molecular formula is C15H22N2O5S. The molecule has 1 fully saturated rings. The number of sulfonamides is 1. The molecule has 2 rings (SSSR count). The number of likely N-dealkylation sites (N-methyl/N-ethyl adjacent to an activating group) is 1. The zero-order valence-corrected chi connectivity index (χ0v) is 14.2. The van der Waals surface area contributed by atoms with E-state index < -0.39 is 16.0 Å². The molecule has 0 bridgehead atoms. The monoisotopic (exact) mass is 342 g/mol. The summed E-state index contributed by atoms with van der Waals surface area (Å²) in [5, 5.41) is 9.31. The largest absolute Gasteiger partial charge is 0.493 e. The molecule has 8 heteroatoms. The van der Waals surface area contributed by atoms with Gasteiger partial charge in [-0.15, -0.1) is 0 Å². The van der Waals surface area contributed by atoms with E-state index in [2.05, 4.69) is 4.90 Å². The van der Waals surface area contributed by atoms with Crippen LogP contribution in [0.3, 0.4) is 0 Å². The Morgan fingerprint density at radius 1 is 1.26 bits per heavy atom. The summed E-state index contributed by atoms with van der Waals surface area (Å²) in [6, 6.07) is 4.01. The lowest BCUT2D eigenvalue weighted by Gasteiger charge is -2.31. The van der Waals surface area contributed by atoms with Crippen LogP contribution in [0.4, 0.5) is 0 Å². The molecule has 1 aliphatic heterocycles. The second kappa shape index (κ2) is 7.29. The molecule has 0 unspecified atom stereocenters. The molecule has 1 aromatic carbocycles. The number of benzene rings is 1. The molecule has 0 aromatic heterocycles. The number of piperazine rings is 1. The lowest BCUT2D eigenvalue weighted by molar-refractivity contribution is 0.0692. The number of rotatable bonds is 6. The summed E-state index contributed by atoms with van der Waals surface area (Å²) in [7, 11) is -1.75. The first-order valence-electron chi connectivity index (χ1n) is 7.55. The van der Waals surface area contributed by atoms with E-state index in [0.717, 1.165) is 6.42 Å². The highest BCUT2D eigenvalue weighted by Crippen LogP contribution is 2.25. The van der Waals surface area contributed by atoms with E-state index in [1.54, 1.807) is 0 Å². The number of carboxylic acid groups (broad SMARTS) is 1. The van der Waals surface area contributed by atoms with Crippen LogP contribution in [0.2, 0.25) is 0 Å². The third-order valence-electron chi connectivity index (χ3n) is 3.74. The summed E-state index contributed by atoms with van der Waals surface area (Å²) in [5.74, 6) is -1.01. The summed E-state index contributed by atoms with van der Waals surface area (Å²) in [6.07, 6.45) is 0.737. The second-order valence-electron chi connectivity index (χ2n) is 5.52. The molecule has 23 heavy (non-hydrogen) atoms. The zero-order valence-electron chi connectivity index (χ0n) is 13.4. The summed E-state index contributed by atoms with van der Waals surface area (Å²) < 4.78 is 32.1. The van der Waals surface area contributed by atoms with Gasteiger partial charge in [-0.3, -0.25) is 0 Å². The van der Waals surface area contributed by atoms with Crippen LogP contribution in [0.1, 0.15) is 23.7 Å². The normalized spacial score (nSPS) is 17.1. The number of hydrogen-bond acceptors (Lipinski definition) is 5. The maximum absolute atomic E-state index is 12.7. The van der Waals surface area contributed by atoms with E-state index in [4.69, 9.17) is 4.74 Å². The molecule has 1 N–H and O–H groups in total. The van der Waals surface area contributed by atoms with Gasteiger partial charge < -0.3 is 14.7 Å². The third kappa shape index (κ3) is 4.01. The van der Waals surface area contributed by atoms with E-state index in [0.29, 0.717) is 32.8 Å². The molecule has 0 saturated carbocycles. The Balaban J connectivity index is 2.31. The second-order valence-corrected chi connectivity index (χ2v) is 7.46. The van der Waals surface area contributed by atoms with Gasteiger partial charge in [0, 0.05) is 26.2 Å². The number of carbonyl (C=O) groups is 1. The van der Waals surface area contributed by atoms with Gasteiger partial charge >= 0.3 is 5.97 Å². The maximum Gasteiger partial charge on any atom is 0.339 e. The van der Waals surface area contributed by atoms with Crippen molar-refractivity contribution in [1.29, 1.82) is 0 Å². The average Bonchev–Trinajstić information content (AvgIpc) is 2.53. The van der Waals surface area contributed by atoms with Gasteiger partial charge in [0.1, 0.15) is 11.3 Å². The topological polar surface area (TPSA) is 87.2 Å². The van der Waals surface area contributed by atoms with Gasteiger partial charge in [0.15, 0.2) is 0 Å². The highest BCUT2D eigenvalue weighted by atomic mass is 32.2. The Labute approximate surface area is 136 Å². The van der Waals surface area contributed by atoms with Crippen molar-refractivity contribution in [2.75, 3.05) is 39.8 Å². The van der Waals surface area contributed by atoms with Crippen molar-refractivity contribution in [3.8, 4) is 5.75 Å². The molecule has 1 heterocycles. The maximum atomic E-state index is 12.7. The fourth-order valence-electron chi connectivity index (χ4n) is 2.35. The van der Waals surface area contributed by atoms with Gasteiger partial charge in [-0.05, 0) is 31.7 Å². The molecule has 0 aliphatic carbocycles. The minimum Gasteiger partial charge on any atom is -0.493 e. The minimum absolute atomic E-state index is 0.0108. The summed E-state index contributed by atoms with van der Waals surface area (Å²) in [6.45, 7) is 4.40. The van der Waals surface area contributed by atoms with Crippen LogP contribution in [0.15, 0.2) is 23.1 Å². The van der Waals surface area contributed by atoms with Crippen molar-refractivity contribution < 1.29 is 23.1 Å². The van der Waals surface area contributed by atoms with E-state index in [9.17, 15) is 18.3 Å². The van der Waals surface area contributed by atoms with Crippen LogP contribution in [0.25, 0.3) is 0 Å². The van der Waals surface area contributed by atoms with E-state index in [1.165, 1.54) is 22.5 Å². The Morgan fingerprint density at radius 3 is 2.48 bits per heavy atom. The Bertz CT molecular complexity index is 666. The predicted octanol–water partition coefficient (Wildman–Crippen LogP) is 1.11. The van der Waals surface area contributed by atoms with Crippen LogP contribution in [0, 0.1) is 0 Å². The smallest absolute Gasteiger partial charge is 0.339 e. The van der Waals surface area contributed by atoms with Gasteiger partial charge in [0.05, 0.1) is 11.5 Å². The predicted molar refractivity (Wildman–Crippen MR) is 85.4 cm³/mol. The number of hydrogen-bond donors (Lipinski definition) is 1. The van der Waals surface area contributed by atoms with Crippen molar-refractivity contribution in [2.24, 2.45) is 0 Å². The van der Waals surface area contributed by atoms with Crippen molar-refractivity contribution in [3.05, 3.63) is 23.8 Å². The fourth-order valence-corrected chi connectivity index (χ4v) is 3.80. The van der Waals surface area contributed by atoms with Gasteiger partial charge in [-0.2, -0.15) is 4.31 Å². The van der Waals surface area contributed by atoms with E-state index >= 15 is 0 Å². The standard InChI is InChI=1S/C15H22N2O5S/c1-3-10-22-14-5-4-12(11-13(14)15(18)19)23(20,21)17-8-6-16(2)7-9-17/h4-5,11H,3,6-10H2,1-2H3,(H,18,19). The molecule has 0 radical (unpaired) electrons. The Morgan fingerprint density at radius 2 is 1.91 bits per heavy atom. The molecule has 128 valence electrons. The first kappa shape index (κ1) is 17.7. The van der Waals surface area contributed by atoms with Crippen molar-refractivity contribution in [1.82, 2.24) is 9.21 Å². The number of nitrogens with zero attached hydrogens (tertiary/aromatic N) is 2. The Kier molecular flexibility index (Phi) is 5.61. The van der Waals surface area contributed by atoms with E-state index in [1.807, 2.05) is 14.0 Å². The molecule has 0 amide bonds. The first-order valence-corrected chi connectivity index (χ1v) is 8.99. The highest BCUT2D eigenvalue weighted by Gasteiger charge is 2.28. The van der Waals surface area contributed by atoms with Gasteiger partial charge in [0.2, 0.25) is 10.0 Å². The van der Waals surface area contributed by atoms with Crippen molar-refractivity contribution >= 4 is 16.0 Å². The first-order chi connectivity index (χ1) is 10.9. The van der Waals surface area contributed by atoms with Crippen molar-refractivity contribution in [2.45, 2.75) is 18.2 Å². The summed E-state index contributed by atoms with van der Waals surface area (Å²) in [4.78, 5) is 13.4. The lowest BCUT2D eigenvalue weighted by Crippen LogP contribution is -2.47. The van der Waals surface area contributed by atoms with Crippen molar-refractivity contribution in [3.63, 3.8) is 0 Å². The molecule has 7 nitrogen and oxygen atoms in total. The average molecular weight is 342 g/mol. The van der Waals surface area contributed by atoms with Crippen LogP contribution >= 0.6 is 0 Å². The minimum atomic E-state index is -3.69. The van der Waals surface area contributed by atoms with Crippen LogP contribution in [0.5, 0.6) is 5.75 Å². The number of ether oxygens (including phenoxy) is 1. The molecule has 1 saturated heterocycles. The Hall–Kier alpha value is -1.64. The van der Waals surface area contributed by atoms with E-state index in [-0.39, 0.29) is 16.2 Å². The molecule has 1 aromatic rings. The summed E-state index contributed by atoms with van der Waals surface area (Å²) >= 11 is 0. The van der Waals surface area contributed by atoms with Crippen LogP contribution in [-0.4, -0.2) is 68.5 Å². The molecular weight excluding hydrogens is 320 g/mol. The lowest BCUT2D eigenvalue weighted by atomic mass is 10.2. The highest BCUT2D eigenvalue weighted by molar-refractivity contribution is 7.89. The van der Waals surface area contributed by atoms with Crippen LogP contribution < -0.4 is 4.74 Å². The van der Waals surface area contributed by atoms with Gasteiger partial charge in [-0.1, -0.05) is 6.92 Å². The van der Waals surface area contributed by atoms with Gasteiger partial charge in [0.25, 0.3) is 0 Å². The third-order valence-corrected chi connectivity index (χ3v) is 5.64. The molecule has 1 aliphatic rings. The SMILES string of the molecule is CCCOc1ccc(S(=O)(=O)N2CCN(C)CC2)cc1C(=O)O. The fraction of sp³-hybridized carbons (Fsp3) is 0.533. The number of aromatic carboxylic acids is 1.